The predicted octanol–water partition coefficient (Wildman–Crippen LogP) is 8.17. The Kier molecular flexibility index (Phi) is 8.20. The van der Waals surface area contributed by atoms with E-state index in [1.54, 1.807) is 24.3 Å². The zero-order chi connectivity index (χ0) is 28.6. The molecule has 1 unspecified atom stereocenters. The van der Waals surface area contributed by atoms with Crippen molar-refractivity contribution in [2.45, 2.75) is 42.3 Å². The van der Waals surface area contributed by atoms with Gasteiger partial charge >= 0.3 is 5.91 Å². The molecule has 1 aliphatic heterocycles. The summed E-state index contributed by atoms with van der Waals surface area (Å²) in [4.78, 5) is 28.3. The number of halogens is 2. The van der Waals surface area contributed by atoms with Crippen molar-refractivity contribution in [1.29, 1.82) is 0 Å². The monoisotopic (exact) mass is 653 g/mol. The first-order valence-corrected chi connectivity index (χ1v) is 15.4. The number of anilines is 1. The average molecular weight is 655 g/mol. The van der Waals surface area contributed by atoms with Crippen LogP contribution in [0.3, 0.4) is 0 Å². The Morgan fingerprint density at radius 3 is 2.27 bits per heavy atom. The number of amides is 1. The molecule has 1 fully saturated rings. The van der Waals surface area contributed by atoms with Gasteiger partial charge in [0.25, 0.3) is 5.78 Å². The Balaban J connectivity index is 1.54. The van der Waals surface area contributed by atoms with Gasteiger partial charge in [-0.1, -0.05) is 120 Å². The second kappa shape index (κ2) is 11.5. The van der Waals surface area contributed by atoms with Crippen LogP contribution in [0, 0.1) is 0 Å². The first-order chi connectivity index (χ1) is 19.0. The third kappa shape index (κ3) is 5.88. The zero-order valence-corrected chi connectivity index (χ0v) is 25.9. The molecule has 0 bridgehead atoms. The van der Waals surface area contributed by atoms with Gasteiger partial charge in [0.2, 0.25) is 5.13 Å². The minimum Gasteiger partial charge on any atom is -0.507 e. The van der Waals surface area contributed by atoms with E-state index in [-0.39, 0.29) is 16.7 Å². The van der Waals surface area contributed by atoms with Crippen LogP contribution >= 0.6 is 50.6 Å². The molecule has 1 aromatic heterocycles. The highest BCUT2D eigenvalue weighted by molar-refractivity contribution is 9.10. The summed E-state index contributed by atoms with van der Waals surface area (Å²) in [6.07, 6.45) is 0. The lowest BCUT2D eigenvalue weighted by atomic mass is 9.85. The quantitative estimate of drug-likeness (QED) is 0.0743. The molecule has 5 rings (SSSR count). The number of hydrogen-bond acceptors (Lipinski definition) is 7. The van der Waals surface area contributed by atoms with Gasteiger partial charge in [-0.2, -0.15) is 0 Å². The molecule has 4 aromatic rings. The summed E-state index contributed by atoms with van der Waals surface area (Å²) in [5.41, 5.74) is 3.25. The molecule has 0 saturated carbocycles. The summed E-state index contributed by atoms with van der Waals surface area (Å²) in [5, 5.41) is 20.9. The van der Waals surface area contributed by atoms with Crippen LogP contribution in [0.15, 0.2) is 87.2 Å². The van der Waals surface area contributed by atoms with Gasteiger partial charge in [0, 0.05) is 20.8 Å². The number of nitrogens with zero attached hydrogens (tertiary/aromatic N) is 3. The number of hydrogen-bond donors (Lipinski definition) is 1. The molecule has 204 valence electrons. The highest BCUT2D eigenvalue weighted by Crippen LogP contribution is 2.44. The number of Topliss-reactive ketones (excluding diaryl/α,β-unsaturated/α-hetero) is 1. The third-order valence-electron chi connectivity index (χ3n) is 6.53. The average Bonchev–Trinajstić information content (AvgIpc) is 3.50. The Morgan fingerprint density at radius 1 is 1.00 bits per heavy atom. The molecular formula is C30H25BrClN3O3S2. The van der Waals surface area contributed by atoms with Gasteiger partial charge < -0.3 is 5.11 Å². The summed E-state index contributed by atoms with van der Waals surface area (Å²) in [7, 11) is 0. The normalized spacial score (nSPS) is 17.0. The van der Waals surface area contributed by atoms with E-state index in [1.807, 2.05) is 48.5 Å². The molecule has 1 amide bonds. The van der Waals surface area contributed by atoms with Crippen LogP contribution in [-0.4, -0.2) is 27.0 Å². The standard InChI is InChI=1S/C30H25BrClN3O3S2/c1-30(2,3)20-10-6-18(7-11-20)24-23(25(36)19-8-12-21(31)13-9-19)26(37)27(38)35(24)28-33-34-29(40-28)39-16-17-4-14-22(32)15-5-17/h4-15,24,36H,16H2,1-3H3/b25-23-. The highest BCUT2D eigenvalue weighted by atomic mass is 79.9. The van der Waals surface area contributed by atoms with Crippen molar-refractivity contribution in [1.82, 2.24) is 10.2 Å². The highest BCUT2D eigenvalue weighted by Gasteiger charge is 2.48. The van der Waals surface area contributed by atoms with Gasteiger partial charge in [-0.05, 0) is 46.4 Å². The van der Waals surface area contributed by atoms with Gasteiger partial charge in [-0.15, -0.1) is 10.2 Å². The molecule has 2 heterocycles. The van der Waals surface area contributed by atoms with E-state index in [2.05, 4.69) is 46.9 Å². The third-order valence-corrected chi connectivity index (χ3v) is 9.44. The Labute approximate surface area is 254 Å². The summed E-state index contributed by atoms with van der Waals surface area (Å²) in [6.45, 7) is 6.35. The van der Waals surface area contributed by atoms with Gasteiger partial charge in [0.15, 0.2) is 4.34 Å². The fourth-order valence-corrected chi connectivity index (χ4v) is 6.57. The van der Waals surface area contributed by atoms with Crippen molar-refractivity contribution in [3.05, 3.63) is 110 Å². The zero-order valence-electron chi connectivity index (χ0n) is 21.9. The molecular weight excluding hydrogens is 630 g/mol. The lowest BCUT2D eigenvalue weighted by molar-refractivity contribution is -0.132. The lowest BCUT2D eigenvalue weighted by Gasteiger charge is -2.24. The van der Waals surface area contributed by atoms with Crippen LogP contribution in [0.2, 0.25) is 5.02 Å². The fourth-order valence-electron chi connectivity index (χ4n) is 4.36. The van der Waals surface area contributed by atoms with Crippen molar-refractivity contribution < 1.29 is 14.7 Å². The number of aliphatic hydroxyl groups excluding tert-OH is 1. The van der Waals surface area contributed by atoms with Crippen LogP contribution in [0.1, 0.15) is 49.1 Å². The van der Waals surface area contributed by atoms with Crippen molar-refractivity contribution in [2.24, 2.45) is 0 Å². The van der Waals surface area contributed by atoms with E-state index in [0.29, 0.717) is 31.4 Å². The molecule has 6 nitrogen and oxygen atoms in total. The first-order valence-electron chi connectivity index (χ1n) is 12.4. The fraction of sp³-hybridized carbons (Fsp3) is 0.200. The maximum atomic E-state index is 13.5. The SMILES string of the molecule is CC(C)(C)c1ccc(C2/C(=C(/O)c3ccc(Br)cc3)C(=O)C(=O)N2c2nnc(SCc3ccc(Cl)cc3)s2)cc1. The van der Waals surface area contributed by atoms with Crippen LogP contribution in [0.4, 0.5) is 5.13 Å². The van der Waals surface area contributed by atoms with Gasteiger partial charge in [-0.25, -0.2) is 0 Å². The summed E-state index contributed by atoms with van der Waals surface area (Å²) in [5.74, 6) is -1.11. The van der Waals surface area contributed by atoms with Crippen LogP contribution in [0.25, 0.3) is 5.76 Å². The molecule has 0 spiro atoms. The van der Waals surface area contributed by atoms with Crippen LogP contribution in [-0.2, 0) is 20.8 Å². The molecule has 40 heavy (non-hydrogen) atoms. The van der Waals surface area contributed by atoms with Crippen molar-refractivity contribution in [3.63, 3.8) is 0 Å². The summed E-state index contributed by atoms with van der Waals surface area (Å²) in [6, 6.07) is 21.4. The van der Waals surface area contributed by atoms with Crippen LogP contribution in [0.5, 0.6) is 0 Å². The molecule has 0 radical (unpaired) electrons. The minimum atomic E-state index is -0.861. The van der Waals surface area contributed by atoms with Crippen molar-refractivity contribution >= 4 is 73.2 Å². The number of rotatable bonds is 6. The molecule has 1 saturated heterocycles. The largest absolute Gasteiger partial charge is 0.507 e. The molecule has 10 heteroatoms. The number of aromatic nitrogens is 2. The van der Waals surface area contributed by atoms with E-state index in [4.69, 9.17) is 11.6 Å². The van der Waals surface area contributed by atoms with Crippen LogP contribution < -0.4 is 4.90 Å². The molecule has 3 aromatic carbocycles. The Bertz CT molecular complexity index is 1600. The molecule has 1 N–H and O–H groups in total. The number of thioether (sulfide) groups is 1. The van der Waals surface area contributed by atoms with E-state index in [1.165, 1.54) is 28.0 Å². The predicted molar refractivity (Wildman–Crippen MR) is 165 cm³/mol. The summed E-state index contributed by atoms with van der Waals surface area (Å²) >= 11 is 12.1. The summed E-state index contributed by atoms with van der Waals surface area (Å²) < 4.78 is 1.48. The van der Waals surface area contributed by atoms with E-state index < -0.39 is 17.7 Å². The maximum absolute atomic E-state index is 13.5. The van der Waals surface area contributed by atoms with E-state index >= 15 is 0 Å². The number of benzene rings is 3. The van der Waals surface area contributed by atoms with Gasteiger partial charge in [0.05, 0.1) is 11.6 Å². The second-order valence-corrected chi connectivity index (χ2v) is 13.8. The Hall–Kier alpha value is -2.98. The van der Waals surface area contributed by atoms with Gasteiger partial charge in [0.1, 0.15) is 5.76 Å². The van der Waals surface area contributed by atoms with Crippen molar-refractivity contribution in [2.75, 3.05) is 4.90 Å². The molecule has 1 atom stereocenters. The van der Waals surface area contributed by atoms with Gasteiger partial charge in [-0.3, -0.25) is 14.5 Å². The molecule has 0 aliphatic carbocycles. The number of aliphatic hydroxyl groups is 1. The number of carbonyl (C=O) groups is 2. The second-order valence-electron chi connectivity index (χ2n) is 10.3. The Morgan fingerprint density at radius 2 is 1.65 bits per heavy atom. The van der Waals surface area contributed by atoms with E-state index in [9.17, 15) is 14.7 Å². The number of carbonyl (C=O) groups excluding carboxylic acids is 2. The van der Waals surface area contributed by atoms with E-state index in [0.717, 1.165) is 15.6 Å². The lowest BCUT2D eigenvalue weighted by Crippen LogP contribution is -2.29. The minimum absolute atomic E-state index is 0.0152. The number of ketones is 1. The smallest absolute Gasteiger partial charge is 0.301 e. The van der Waals surface area contributed by atoms with Crippen molar-refractivity contribution in [3.8, 4) is 0 Å². The first kappa shape index (κ1) is 28.5. The topological polar surface area (TPSA) is 83.4 Å². The maximum Gasteiger partial charge on any atom is 0.301 e. The molecule has 1 aliphatic rings.